The highest BCUT2D eigenvalue weighted by molar-refractivity contribution is 6.02. The van der Waals surface area contributed by atoms with E-state index in [1.807, 2.05) is 6.07 Å². The van der Waals surface area contributed by atoms with Crippen LogP contribution < -0.4 is 0 Å². The van der Waals surface area contributed by atoms with Crippen molar-refractivity contribution in [2.75, 3.05) is 0 Å². The molecule has 0 amide bonds. The van der Waals surface area contributed by atoms with Gasteiger partial charge in [-0.3, -0.25) is 5.41 Å². The van der Waals surface area contributed by atoms with Gasteiger partial charge in [0.1, 0.15) is 11.8 Å². The molecule has 3 aliphatic carbocycles. The minimum atomic E-state index is 0.0966. The Balaban J connectivity index is 2.15. The Morgan fingerprint density at radius 1 is 1.56 bits per heavy atom. The third kappa shape index (κ3) is 0.388. The molecule has 0 aliphatic heterocycles. The van der Waals surface area contributed by atoms with E-state index >= 15 is 0 Å². The predicted molar refractivity (Wildman–Crippen MR) is 33.1 cm³/mol. The van der Waals surface area contributed by atoms with Gasteiger partial charge in [0.15, 0.2) is 0 Å². The first-order valence-corrected chi connectivity index (χ1v) is 3.26. The van der Waals surface area contributed by atoms with Crippen molar-refractivity contribution in [1.29, 1.82) is 10.7 Å². The van der Waals surface area contributed by atoms with Gasteiger partial charge in [-0.1, -0.05) is 0 Å². The van der Waals surface area contributed by atoms with Crippen LogP contribution in [-0.4, -0.2) is 5.71 Å². The van der Waals surface area contributed by atoms with Crippen molar-refractivity contribution in [3.05, 3.63) is 0 Å². The van der Waals surface area contributed by atoms with E-state index in [9.17, 15) is 0 Å². The zero-order valence-corrected chi connectivity index (χ0v) is 5.15. The molecule has 3 fully saturated rings. The quantitative estimate of drug-likeness (QED) is 0.521. The van der Waals surface area contributed by atoms with E-state index in [0.717, 1.165) is 25.2 Å². The Morgan fingerprint density at radius 3 is 2.22 bits per heavy atom. The number of nitrogens with one attached hydrogen (secondary N) is 1. The van der Waals surface area contributed by atoms with Gasteiger partial charge in [0.05, 0.1) is 0 Å². The van der Waals surface area contributed by atoms with Crippen molar-refractivity contribution >= 4 is 5.71 Å². The zero-order valence-electron chi connectivity index (χ0n) is 5.15. The molecule has 0 spiro atoms. The van der Waals surface area contributed by atoms with Crippen LogP contribution in [0, 0.1) is 28.1 Å². The van der Waals surface area contributed by atoms with Crippen molar-refractivity contribution in [2.45, 2.75) is 19.3 Å². The number of hydrogen-bond donors (Lipinski definition) is 1. The lowest BCUT2D eigenvalue weighted by Gasteiger charge is -2.60. The molecular weight excluding hydrogens is 112 g/mol. The SMILES string of the molecule is N#CC(=N)C12CC(C1)C2. The monoisotopic (exact) mass is 120 g/mol. The maximum absolute atomic E-state index is 8.39. The van der Waals surface area contributed by atoms with Crippen LogP contribution in [0.5, 0.6) is 0 Å². The van der Waals surface area contributed by atoms with Gasteiger partial charge in [-0.25, -0.2) is 0 Å². The summed E-state index contributed by atoms with van der Waals surface area (Å²) in [5.74, 6) is 0.874. The molecule has 9 heavy (non-hydrogen) atoms. The van der Waals surface area contributed by atoms with Crippen LogP contribution in [0.2, 0.25) is 0 Å². The van der Waals surface area contributed by atoms with Crippen molar-refractivity contribution in [3.8, 4) is 6.07 Å². The van der Waals surface area contributed by atoms with Gasteiger partial charge in [0.2, 0.25) is 0 Å². The molecule has 0 unspecified atom stereocenters. The average Bonchev–Trinajstić information content (AvgIpc) is 1.57. The fourth-order valence-electron chi connectivity index (χ4n) is 1.90. The predicted octanol–water partition coefficient (Wildman–Crippen LogP) is 1.33. The van der Waals surface area contributed by atoms with Crippen molar-refractivity contribution in [3.63, 3.8) is 0 Å². The van der Waals surface area contributed by atoms with Gasteiger partial charge in [-0.15, -0.1) is 0 Å². The molecule has 0 radical (unpaired) electrons. The topological polar surface area (TPSA) is 47.6 Å². The minimum absolute atomic E-state index is 0.0966. The van der Waals surface area contributed by atoms with Crippen LogP contribution in [0.25, 0.3) is 0 Å². The van der Waals surface area contributed by atoms with Gasteiger partial charge >= 0.3 is 0 Å². The van der Waals surface area contributed by atoms with Crippen molar-refractivity contribution < 1.29 is 0 Å². The second-order valence-electron chi connectivity index (χ2n) is 3.25. The second-order valence-corrected chi connectivity index (χ2v) is 3.25. The molecule has 2 heteroatoms. The summed E-state index contributed by atoms with van der Waals surface area (Å²) in [6.45, 7) is 0. The maximum atomic E-state index is 8.39. The summed E-state index contributed by atoms with van der Waals surface area (Å²) in [4.78, 5) is 0. The van der Waals surface area contributed by atoms with E-state index in [-0.39, 0.29) is 5.41 Å². The molecule has 3 rings (SSSR count). The third-order valence-electron chi connectivity index (χ3n) is 2.68. The average molecular weight is 120 g/mol. The molecule has 0 aromatic carbocycles. The second kappa shape index (κ2) is 1.18. The fourth-order valence-corrected chi connectivity index (χ4v) is 1.90. The van der Waals surface area contributed by atoms with E-state index in [4.69, 9.17) is 10.7 Å². The summed E-state index contributed by atoms with van der Waals surface area (Å²) >= 11 is 0. The van der Waals surface area contributed by atoms with Gasteiger partial charge in [0.25, 0.3) is 0 Å². The molecule has 46 valence electrons. The van der Waals surface area contributed by atoms with E-state index in [0.29, 0.717) is 5.71 Å². The summed E-state index contributed by atoms with van der Waals surface area (Å²) in [6, 6.07) is 1.93. The van der Waals surface area contributed by atoms with Crippen molar-refractivity contribution in [2.24, 2.45) is 11.3 Å². The van der Waals surface area contributed by atoms with Gasteiger partial charge < -0.3 is 0 Å². The largest absolute Gasteiger partial charge is 0.294 e. The highest BCUT2D eigenvalue weighted by Gasteiger charge is 2.59. The molecule has 0 heterocycles. The number of nitrogens with zero attached hydrogens (tertiary/aromatic N) is 1. The standard InChI is InChI=1S/C7H8N2/c8-4-6(9)7-1-5(2-7)3-7/h5,9H,1-3H2. The molecular formula is C7H8N2. The Bertz CT molecular complexity index is 194. The maximum Gasteiger partial charge on any atom is 0.115 e. The number of rotatable bonds is 1. The van der Waals surface area contributed by atoms with E-state index in [2.05, 4.69) is 0 Å². The summed E-state index contributed by atoms with van der Waals surface area (Å²) in [7, 11) is 0. The first kappa shape index (κ1) is 4.99. The van der Waals surface area contributed by atoms with Crippen LogP contribution in [-0.2, 0) is 0 Å². The molecule has 3 aliphatic rings. The summed E-state index contributed by atoms with van der Waals surface area (Å²) in [6.07, 6.45) is 3.37. The molecule has 3 saturated carbocycles. The van der Waals surface area contributed by atoms with Crippen LogP contribution in [0.3, 0.4) is 0 Å². The van der Waals surface area contributed by atoms with Crippen LogP contribution >= 0.6 is 0 Å². The van der Waals surface area contributed by atoms with Gasteiger partial charge in [-0.05, 0) is 25.2 Å². The molecule has 1 N–H and O–H groups in total. The number of hydrogen-bond acceptors (Lipinski definition) is 2. The molecule has 2 bridgehead atoms. The normalized spacial score (nSPS) is 44.1. The third-order valence-corrected chi connectivity index (χ3v) is 2.68. The highest BCUT2D eigenvalue weighted by Crippen LogP contribution is 2.64. The Hall–Kier alpha value is -0.840. The smallest absolute Gasteiger partial charge is 0.115 e. The first-order valence-electron chi connectivity index (χ1n) is 3.26. The molecule has 0 aromatic rings. The van der Waals surface area contributed by atoms with E-state index in [1.54, 1.807) is 0 Å². The molecule has 0 aromatic heterocycles. The van der Waals surface area contributed by atoms with Crippen molar-refractivity contribution in [1.82, 2.24) is 0 Å². The Labute approximate surface area is 54.0 Å². The molecule has 0 atom stereocenters. The lowest BCUT2D eigenvalue weighted by atomic mass is 9.43. The van der Waals surface area contributed by atoms with E-state index < -0.39 is 0 Å². The summed E-state index contributed by atoms with van der Waals surface area (Å²) in [5, 5.41) is 15.7. The lowest BCUT2D eigenvalue weighted by Crippen LogP contribution is -2.56. The molecule has 0 saturated heterocycles. The summed E-state index contributed by atoms with van der Waals surface area (Å²) in [5.41, 5.74) is 0.421. The van der Waals surface area contributed by atoms with Gasteiger partial charge in [0, 0.05) is 5.41 Å². The zero-order chi connectivity index (χ0) is 6.48. The lowest BCUT2D eigenvalue weighted by molar-refractivity contribution is -0.0398. The Kier molecular flexibility index (Phi) is 0.655. The van der Waals surface area contributed by atoms with Crippen LogP contribution in [0.15, 0.2) is 0 Å². The van der Waals surface area contributed by atoms with Crippen LogP contribution in [0.1, 0.15) is 19.3 Å². The number of nitriles is 1. The first-order chi connectivity index (χ1) is 4.27. The van der Waals surface area contributed by atoms with Crippen LogP contribution in [0.4, 0.5) is 0 Å². The minimum Gasteiger partial charge on any atom is -0.294 e. The highest BCUT2D eigenvalue weighted by atomic mass is 14.7. The van der Waals surface area contributed by atoms with Gasteiger partial charge in [-0.2, -0.15) is 5.26 Å². The summed E-state index contributed by atoms with van der Waals surface area (Å²) < 4.78 is 0. The fraction of sp³-hybridized carbons (Fsp3) is 0.714. The Morgan fingerprint density at radius 2 is 2.11 bits per heavy atom. The molecule has 2 nitrogen and oxygen atoms in total. The van der Waals surface area contributed by atoms with E-state index in [1.165, 1.54) is 0 Å².